The van der Waals surface area contributed by atoms with Gasteiger partial charge >= 0.3 is 0 Å². The first-order chi connectivity index (χ1) is 12.7. The van der Waals surface area contributed by atoms with Crippen molar-refractivity contribution in [3.63, 3.8) is 0 Å². The number of rotatable bonds is 4. The molecule has 2 aromatic carbocycles. The zero-order valence-corrected chi connectivity index (χ0v) is 18.4. The first-order valence-electron chi connectivity index (χ1n) is 7.58. The van der Waals surface area contributed by atoms with Gasteiger partial charge in [0.1, 0.15) is 11.3 Å². The number of hydrogen-bond acceptors (Lipinski definition) is 3. The van der Waals surface area contributed by atoms with Gasteiger partial charge in [0.15, 0.2) is 5.78 Å². The van der Waals surface area contributed by atoms with E-state index in [1.54, 1.807) is 30.3 Å². The van der Waals surface area contributed by atoms with E-state index in [0.717, 1.165) is 0 Å². The number of hydrogen-bond donors (Lipinski definition) is 1. The van der Waals surface area contributed by atoms with E-state index in [0.29, 0.717) is 25.6 Å². The summed E-state index contributed by atoms with van der Waals surface area (Å²) in [6, 6.07) is 8.03. The van der Waals surface area contributed by atoms with Crippen molar-refractivity contribution in [1.29, 1.82) is 0 Å². The number of Topliss-reactive ketones (excluding diaryl/α,β-unsaturated/α-hetero) is 1. The predicted octanol–water partition coefficient (Wildman–Crippen LogP) is 5.76. The zero-order chi connectivity index (χ0) is 19.9. The summed E-state index contributed by atoms with van der Waals surface area (Å²) in [4.78, 5) is 28.0. The van der Waals surface area contributed by atoms with Crippen LogP contribution < -0.4 is 5.43 Å². The van der Waals surface area contributed by atoms with E-state index in [1.807, 2.05) is 0 Å². The smallest absolute Gasteiger partial charge is 0.238 e. The lowest BCUT2D eigenvalue weighted by atomic mass is 10.1. The van der Waals surface area contributed by atoms with Crippen molar-refractivity contribution in [1.82, 2.24) is 4.98 Å². The summed E-state index contributed by atoms with van der Waals surface area (Å²) in [7, 11) is 0. The van der Waals surface area contributed by atoms with Crippen molar-refractivity contribution in [3.05, 3.63) is 71.2 Å². The number of halogens is 4. The van der Waals surface area contributed by atoms with Crippen LogP contribution in [0.5, 0.6) is 0 Å². The summed E-state index contributed by atoms with van der Waals surface area (Å²) in [6.45, 7) is 1.25. The fraction of sp³-hybridized carbons (Fsp3) is 0.111. The molecule has 0 bridgehead atoms. The fourth-order valence-corrected chi connectivity index (χ4v) is 5.13. The Morgan fingerprint density at radius 1 is 1.19 bits per heavy atom. The Hall–Kier alpha value is -1.02. The molecule has 0 saturated heterocycles. The SMILES string of the molecule is CC(=O)c1c([S+]([O-])Cc2cc(Cl)ccc2Cl)[nH]c2c(Br)ccc(Cl)c2c1=O. The van der Waals surface area contributed by atoms with E-state index in [-0.39, 0.29) is 26.8 Å². The molecule has 0 radical (unpaired) electrons. The van der Waals surface area contributed by atoms with Crippen LogP contribution in [0.4, 0.5) is 0 Å². The van der Waals surface area contributed by atoms with Gasteiger partial charge < -0.3 is 9.54 Å². The Kier molecular flexibility index (Phi) is 6.25. The molecule has 1 atom stereocenters. The third-order valence-corrected chi connectivity index (χ3v) is 6.81. The Morgan fingerprint density at radius 3 is 2.52 bits per heavy atom. The van der Waals surface area contributed by atoms with E-state index < -0.39 is 22.4 Å². The highest BCUT2D eigenvalue weighted by atomic mass is 79.9. The highest BCUT2D eigenvalue weighted by molar-refractivity contribution is 9.10. The van der Waals surface area contributed by atoms with Crippen molar-refractivity contribution in [2.45, 2.75) is 17.7 Å². The maximum Gasteiger partial charge on any atom is 0.238 e. The molecule has 27 heavy (non-hydrogen) atoms. The van der Waals surface area contributed by atoms with Crippen molar-refractivity contribution in [2.75, 3.05) is 0 Å². The largest absolute Gasteiger partial charge is 0.610 e. The zero-order valence-electron chi connectivity index (χ0n) is 13.7. The maximum atomic E-state index is 13.0. The van der Waals surface area contributed by atoms with Crippen LogP contribution in [0.2, 0.25) is 15.1 Å². The second-order valence-corrected chi connectivity index (χ2v) is 9.21. The maximum absolute atomic E-state index is 13.0. The van der Waals surface area contributed by atoms with E-state index in [4.69, 9.17) is 34.8 Å². The van der Waals surface area contributed by atoms with Gasteiger partial charge in [-0.2, -0.15) is 0 Å². The number of fused-ring (bicyclic) bond motifs is 1. The van der Waals surface area contributed by atoms with E-state index in [2.05, 4.69) is 20.9 Å². The summed E-state index contributed by atoms with van der Waals surface area (Å²) >= 11 is 19.9. The Balaban J connectivity index is 2.22. The van der Waals surface area contributed by atoms with Gasteiger partial charge in [-0.1, -0.05) is 34.8 Å². The van der Waals surface area contributed by atoms with E-state index in [9.17, 15) is 14.1 Å². The average molecular weight is 508 g/mol. The predicted molar refractivity (Wildman–Crippen MR) is 114 cm³/mol. The average Bonchev–Trinajstić information content (AvgIpc) is 2.60. The Labute approximate surface area is 181 Å². The van der Waals surface area contributed by atoms with Crippen molar-refractivity contribution in [2.24, 2.45) is 0 Å². The van der Waals surface area contributed by atoms with Crippen LogP contribution in [0.15, 0.2) is 44.6 Å². The van der Waals surface area contributed by atoms with Gasteiger partial charge in [-0.25, -0.2) is 0 Å². The normalized spacial score (nSPS) is 12.4. The van der Waals surface area contributed by atoms with Gasteiger partial charge in [-0.05, 0) is 53.2 Å². The van der Waals surface area contributed by atoms with Crippen LogP contribution in [0.25, 0.3) is 10.9 Å². The van der Waals surface area contributed by atoms with Crippen LogP contribution in [-0.4, -0.2) is 15.3 Å². The minimum absolute atomic E-state index is 0.0146. The molecular formula is C18H11BrCl3NO3S. The van der Waals surface area contributed by atoms with Gasteiger partial charge in [0.25, 0.3) is 0 Å². The van der Waals surface area contributed by atoms with Crippen molar-refractivity contribution >= 4 is 78.6 Å². The van der Waals surface area contributed by atoms with Crippen LogP contribution >= 0.6 is 50.7 Å². The summed E-state index contributed by atoms with van der Waals surface area (Å²) in [6.07, 6.45) is 0. The molecule has 0 aliphatic rings. The number of nitrogens with one attached hydrogen (secondary N) is 1. The first-order valence-corrected chi connectivity index (χ1v) is 10.8. The Bertz CT molecular complexity index is 1130. The first kappa shape index (κ1) is 20.7. The van der Waals surface area contributed by atoms with E-state index >= 15 is 0 Å². The number of aromatic amines is 1. The molecule has 140 valence electrons. The van der Waals surface area contributed by atoms with Crippen molar-refractivity contribution in [3.8, 4) is 0 Å². The lowest BCUT2D eigenvalue weighted by Crippen LogP contribution is -2.22. The third kappa shape index (κ3) is 4.06. The summed E-state index contributed by atoms with van der Waals surface area (Å²) in [5.74, 6) is -0.519. The van der Waals surface area contributed by atoms with Crippen molar-refractivity contribution < 1.29 is 9.35 Å². The molecule has 0 aliphatic carbocycles. The molecule has 1 heterocycles. The van der Waals surface area contributed by atoms with Gasteiger partial charge in [-0.15, -0.1) is 0 Å². The molecule has 1 N–H and O–H groups in total. The standard InChI is InChI=1S/C18H11BrCl3NO3S/c1-8(24)14-17(25)15-13(22)5-3-11(19)16(15)23-18(14)27(26)7-9-6-10(20)2-4-12(9)21/h2-6H,7H2,1H3,(H,23,25). The molecule has 0 spiro atoms. The van der Waals surface area contributed by atoms with Gasteiger partial charge in [0.2, 0.25) is 10.5 Å². The number of carbonyl (C=O) groups excluding carboxylic acids is 1. The lowest BCUT2D eigenvalue weighted by Gasteiger charge is -2.15. The number of carbonyl (C=O) groups is 1. The highest BCUT2D eigenvalue weighted by Gasteiger charge is 2.27. The Morgan fingerprint density at radius 2 is 1.85 bits per heavy atom. The molecule has 1 unspecified atom stereocenters. The number of ketones is 1. The molecule has 1 aromatic heterocycles. The van der Waals surface area contributed by atoms with Crippen LogP contribution in [0.3, 0.4) is 0 Å². The molecule has 0 aliphatic heterocycles. The molecular weight excluding hydrogens is 497 g/mol. The van der Waals surface area contributed by atoms with Crippen LogP contribution in [0.1, 0.15) is 22.8 Å². The number of benzene rings is 2. The third-order valence-electron chi connectivity index (χ3n) is 3.90. The number of H-pyrrole nitrogens is 1. The van der Waals surface area contributed by atoms with Gasteiger partial charge in [0, 0.05) is 31.3 Å². The molecule has 3 rings (SSSR count). The molecule has 0 amide bonds. The summed E-state index contributed by atoms with van der Waals surface area (Å²) in [5, 5.41) is 1.23. The minimum atomic E-state index is -1.75. The highest BCUT2D eigenvalue weighted by Crippen LogP contribution is 2.30. The van der Waals surface area contributed by atoms with Gasteiger partial charge in [-0.3, -0.25) is 9.59 Å². The molecule has 0 saturated carbocycles. The molecule has 0 fully saturated rings. The number of pyridine rings is 1. The molecule has 4 nitrogen and oxygen atoms in total. The van der Waals surface area contributed by atoms with Crippen LogP contribution in [0, 0.1) is 0 Å². The quantitative estimate of drug-likeness (QED) is 0.360. The lowest BCUT2D eigenvalue weighted by molar-refractivity contribution is 0.101. The summed E-state index contributed by atoms with van der Waals surface area (Å²) in [5.41, 5.74) is 0.170. The van der Waals surface area contributed by atoms with E-state index in [1.165, 1.54) is 6.92 Å². The topological polar surface area (TPSA) is 73.0 Å². The second-order valence-electron chi connectivity index (χ2n) is 5.72. The molecule has 3 aromatic rings. The minimum Gasteiger partial charge on any atom is -0.610 e. The summed E-state index contributed by atoms with van der Waals surface area (Å²) < 4.78 is 13.6. The molecule has 9 heteroatoms. The van der Waals surface area contributed by atoms with Crippen LogP contribution in [-0.2, 0) is 16.9 Å². The monoisotopic (exact) mass is 505 g/mol. The second kappa shape index (κ2) is 8.15. The fourth-order valence-electron chi connectivity index (χ4n) is 2.66. The van der Waals surface area contributed by atoms with Gasteiger partial charge in [0.05, 0.1) is 15.9 Å². The number of aromatic nitrogens is 1.